The zero-order chi connectivity index (χ0) is 25.5. The molecule has 2 aromatic heterocycles. The first kappa shape index (κ1) is 27.2. The topological polar surface area (TPSA) is 77.6 Å². The third-order valence-electron chi connectivity index (χ3n) is 5.74. The number of fused-ring (bicyclic) bond motifs is 1. The van der Waals surface area contributed by atoms with Crippen LogP contribution in [0.15, 0.2) is 118 Å². The molecule has 6 nitrogen and oxygen atoms in total. The van der Waals surface area contributed by atoms with E-state index in [0.717, 1.165) is 39.3 Å². The number of carbonyl (C=O) groups is 1. The molecule has 2 atom stereocenters. The number of oxazole rings is 1. The van der Waals surface area contributed by atoms with Gasteiger partial charge in [-0.25, -0.2) is 9.78 Å². The van der Waals surface area contributed by atoms with E-state index < -0.39 is 12.0 Å². The highest BCUT2D eigenvalue weighted by atomic mass is 32.2. The smallest absolute Gasteiger partial charge is 0.331 e. The molecule has 5 rings (SSSR count). The number of para-hydroxylation sites is 2. The van der Waals surface area contributed by atoms with Gasteiger partial charge in [-0.3, -0.25) is 9.98 Å². The van der Waals surface area contributed by atoms with Gasteiger partial charge in [-0.05, 0) is 24.3 Å². The van der Waals surface area contributed by atoms with Gasteiger partial charge in [-0.1, -0.05) is 90.6 Å². The minimum absolute atomic E-state index is 0. The van der Waals surface area contributed by atoms with Crippen molar-refractivity contribution in [2.45, 2.75) is 23.4 Å². The second kappa shape index (κ2) is 13.1. The highest BCUT2D eigenvalue weighted by molar-refractivity contribution is 7.98. The van der Waals surface area contributed by atoms with E-state index in [9.17, 15) is 4.79 Å². The number of aromatic nitrogens is 2. The van der Waals surface area contributed by atoms with Gasteiger partial charge in [0.05, 0.1) is 18.5 Å². The standard InChI is InChI=1S/C30H25N3O3S.H3P/c1-35-29(34)26(32-28(21-11-4-2-5-12-21)22-13-6-3-7-14-22)19-23-15-10-16-24(31-23)20-37-30-33-25-17-8-9-18-27(25)36-30;/h2-18,26H,19-20H2,1H3;1H3. The second-order valence-corrected chi connectivity index (χ2v) is 9.24. The van der Waals surface area contributed by atoms with Gasteiger partial charge in [0.1, 0.15) is 5.52 Å². The molecule has 192 valence electrons. The molecule has 0 aliphatic heterocycles. The SMILES string of the molecule is COC(=O)C(Cc1cccc(CSc2nc3ccccc3o2)n1)N=C(c1ccccc1)c1ccccc1.P. The van der Waals surface area contributed by atoms with Crippen molar-refractivity contribution in [3.8, 4) is 0 Å². The van der Waals surface area contributed by atoms with Gasteiger partial charge in [0.25, 0.3) is 5.22 Å². The summed E-state index contributed by atoms with van der Waals surface area (Å²) in [7, 11) is 1.39. The van der Waals surface area contributed by atoms with E-state index in [-0.39, 0.29) is 9.90 Å². The number of benzene rings is 3. The lowest BCUT2D eigenvalue weighted by Gasteiger charge is -2.15. The zero-order valence-electron chi connectivity index (χ0n) is 21.0. The summed E-state index contributed by atoms with van der Waals surface area (Å²) in [6.07, 6.45) is 0.317. The summed E-state index contributed by atoms with van der Waals surface area (Å²) in [5.74, 6) is 0.184. The maximum atomic E-state index is 12.8. The number of esters is 1. The van der Waals surface area contributed by atoms with Crippen LogP contribution in [0.1, 0.15) is 22.5 Å². The largest absolute Gasteiger partial charge is 0.467 e. The Kier molecular flexibility index (Phi) is 9.41. The summed E-state index contributed by atoms with van der Waals surface area (Å²) < 4.78 is 10.9. The van der Waals surface area contributed by atoms with Crippen molar-refractivity contribution >= 4 is 44.4 Å². The van der Waals surface area contributed by atoms with Crippen LogP contribution < -0.4 is 0 Å². The fraction of sp³-hybridized carbons (Fsp3) is 0.133. The molecule has 8 heteroatoms. The monoisotopic (exact) mass is 541 g/mol. The molecule has 0 spiro atoms. The molecule has 0 N–H and O–H groups in total. The summed E-state index contributed by atoms with van der Waals surface area (Å²) in [6.45, 7) is 0. The minimum atomic E-state index is -0.743. The van der Waals surface area contributed by atoms with Crippen molar-refractivity contribution in [2.75, 3.05) is 7.11 Å². The summed E-state index contributed by atoms with van der Waals surface area (Å²) >= 11 is 1.48. The lowest BCUT2D eigenvalue weighted by molar-refractivity contribution is -0.142. The summed E-state index contributed by atoms with van der Waals surface area (Å²) in [5, 5.41) is 0.598. The Balaban J connectivity index is 0.00000336. The fourth-order valence-corrected chi connectivity index (χ4v) is 4.69. The van der Waals surface area contributed by atoms with Crippen LogP contribution in [0.4, 0.5) is 0 Å². The van der Waals surface area contributed by atoms with Crippen molar-refractivity contribution in [1.82, 2.24) is 9.97 Å². The first-order chi connectivity index (χ1) is 18.2. The van der Waals surface area contributed by atoms with Gasteiger partial charge in [0.2, 0.25) is 0 Å². The predicted octanol–water partition coefficient (Wildman–Crippen LogP) is 6.19. The molecule has 2 unspecified atom stereocenters. The van der Waals surface area contributed by atoms with Crippen LogP contribution in [0.25, 0.3) is 11.1 Å². The van der Waals surface area contributed by atoms with Gasteiger partial charge in [-0.2, -0.15) is 9.90 Å². The van der Waals surface area contributed by atoms with Crippen molar-refractivity contribution in [2.24, 2.45) is 4.99 Å². The average Bonchev–Trinajstić information content (AvgIpc) is 3.38. The van der Waals surface area contributed by atoms with E-state index in [1.54, 1.807) is 0 Å². The number of thioether (sulfide) groups is 1. The van der Waals surface area contributed by atoms with E-state index >= 15 is 0 Å². The molecule has 0 fully saturated rings. The molecule has 0 aliphatic carbocycles. The van der Waals surface area contributed by atoms with Crippen molar-refractivity contribution in [3.05, 3.63) is 126 Å². The number of ether oxygens (including phenoxy) is 1. The predicted molar refractivity (Wildman–Crippen MR) is 157 cm³/mol. The molecule has 38 heavy (non-hydrogen) atoms. The molecular formula is C30H28N3O3PS. The molecule has 0 bridgehead atoms. The number of pyridine rings is 1. The maximum Gasteiger partial charge on any atom is 0.331 e. The highest BCUT2D eigenvalue weighted by Gasteiger charge is 2.22. The molecule has 0 amide bonds. The van der Waals surface area contributed by atoms with Crippen LogP contribution in [0.2, 0.25) is 0 Å². The van der Waals surface area contributed by atoms with E-state index in [2.05, 4.69) is 4.98 Å². The van der Waals surface area contributed by atoms with Gasteiger partial charge in [0.15, 0.2) is 11.6 Å². The third kappa shape index (κ3) is 6.74. The third-order valence-corrected chi connectivity index (χ3v) is 6.60. The Bertz CT molecular complexity index is 1450. The quantitative estimate of drug-likeness (QED) is 0.0958. The number of hydrogen-bond donors (Lipinski definition) is 0. The summed E-state index contributed by atoms with van der Waals surface area (Å²) in [5.41, 5.74) is 5.81. The van der Waals surface area contributed by atoms with Crippen molar-refractivity contribution in [1.29, 1.82) is 0 Å². The number of rotatable bonds is 9. The number of carbonyl (C=O) groups excluding carboxylic acids is 1. The normalized spacial score (nSPS) is 11.4. The Morgan fingerprint density at radius 3 is 2.13 bits per heavy atom. The molecule has 3 aromatic carbocycles. The van der Waals surface area contributed by atoms with E-state index in [4.69, 9.17) is 19.1 Å². The molecule has 5 aromatic rings. The first-order valence-electron chi connectivity index (χ1n) is 11.9. The van der Waals surface area contributed by atoms with E-state index in [1.165, 1.54) is 18.9 Å². The molecule has 0 saturated heterocycles. The number of aliphatic imine (C=N–C) groups is 1. The van der Waals surface area contributed by atoms with Gasteiger partial charge < -0.3 is 9.15 Å². The van der Waals surface area contributed by atoms with Crippen LogP contribution in [-0.4, -0.2) is 34.8 Å². The Morgan fingerprint density at radius 2 is 1.47 bits per heavy atom. The van der Waals surface area contributed by atoms with Gasteiger partial charge >= 0.3 is 5.97 Å². The lowest BCUT2D eigenvalue weighted by Crippen LogP contribution is -2.25. The molecular weight excluding hydrogens is 513 g/mol. The second-order valence-electron chi connectivity index (χ2n) is 8.31. The summed E-state index contributed by atoms with van der Waals surface area (Å²) in [6, 6.07) is 32.4. The number of nitrogens with zero attached hydrogens (tertiary/aromatic N) is 3. The highest BCUT2D eigenvalue weighted by Crippen LogP contribution is 2.26. The van der Waals surface area contributed by atoms with Crippen LogP contribution in [0.3, 0.4) is 0 Å². The summed E-state index contributed by atoms with van der Waals surface area (Å²) in [4.78, 5) is 27.0. The minimum Gasteiger partial charge on any atom is -0.467 e. The zero-order valence-corrected chi connectivity index (χ0v) is 23.2. The fourth-order valence-electron chi connectivity index (χ4n) is 3.95. The van der Waals surface area contributed by atoms with Gasteiger partial charge in [0, 0.05) is 29.0 Å². The Hall–Kier alpha value is -3.80. The van der Waals surface area contributed by atoms with Gasteiger partial charge in [-0.15, -0.1) is 0 Å². The number of methoxy groups -OCH3 is 1. The van der Waals surface area contributed by atoms with E-state index in [1.807, 2.05) is 103 Å². The Labute approximate surface area is 229 Å². The molecule has 0 saturated carbocycles. The average molecular weight is 542 g/mol. The number of hydrogen-bond acceptors (Lipinski definition) is 7. The molecule has 0 radical (unpaired) electrons. The lowest BCUT2D eigenvalue weighted by atomic mass is 10.0. The van der Waals surface area contributed by atoms with E-state index in [0.29, 0.717) is 17.4 Å². The van der Waals surface area contributed by atoms with Crippen LogP contribution in [0.5, 0.6) is 0 Å². The van der Waals surface area contributed by atoms with Crippen molar-refractivity contribution in [3.63, 3.8) is 0 Å². The maximum absolute atomic E-state index is 12.8. The van der Waals surface area contributed by atoms with Crippen molar-refractivity contribution < 1.29 is 13.9 Å². The van der Waals surface area contributed by atoms with Crippen LogP contribution in [0, 0.1) is 0 Å². The Morgan fingerprint density at radius 1 is 0.842 bits per heavy atom. The molecule has 2 heterocycles. The van der Waals surface area contributed by atoms with Crippen LogP contribution in [-0.2, 0) is 21.7 Å². The molecule has 0 aliphatic rings. The van der Waals surface area contributed by atoms with Crippen LogP contribution >= 0.6 is 21.7 Å². The first-order valence-corrected chi connectivity index (χ1v) is 12.9.